The number of hydrogen-bond acceptors (Lipinski definition) is 2. The molecule has 82 valence electrons. The average Bonchev–Trinajstić information content (AvgIpc) is 2.29. The number of methoxy groups -OCH3 is 1. The molecule has 2 aromatic carbocycles. The fraction of sp³-hybridized carbons (Fsp3) is 0.143. The predicted molar refractivity (Wildman–Crippen MR) is 67.6 cm³/mol. The lowest BCUT2D eigenvalue weighted by molar-refractivity contribution is 0.416. The van der Waals surface area contributed by atoms with Crippen molar-refractivity contribution in [3.8, 4) is 16.9 Å². The fourth-order valence-corrected chi connectivity index (χ4v) is 1.79. The van der Waals surface area contributed by atoms with Crippen molar-refractivity contribution < 1.29 is 4.74 Å². The third kappa shape index (κ3) is 1.87. The number of benzene rings is 2. The summed E-state index contributed by atoms with van der Waals surface area (Å²) in [4.78, 5) is 0. The number of aryl methyl sites for hydroxylation is 1. The van der Waals surface area contributed by atoms with E-state index < -0.39 is 0 Å². The van der Waals surface area contributed by atoms with Crippen molar-refractivity contribution in [3.05, 3.63) is 48.0 Å². The van der Waals surface area contributed by atoms with Gasteiger partial charge in [-0.1, -0.05) is 30.3 Å². The van der Waals surface area contributed by atoms with E-state index in [0.29, 0.717) is 0 Å². The quantitative estimate of drug-likeness (QED) is 0.777. The Hall–Kier alpha value is -1.96. The molecule has 0 atom stereocenters. The van der Waals surface area contributed by atoms with Crippen molar-refractivity contribution >= 4 is 5.69 Å². The van der Waals surface area contributed by atoms with E-state index in [0.717, 1.165) is 28.1 Å². The van der Waals surface area contributed by atoms with Crippen LogP contribution in [0, 0.1) is 6.92 Å². The van der Waals surface area contributed by atoms with E-state index in [9.17, 15) is 0 Å². The number of nitrogen functional groups attached to an aromatic ring is 1. The van der Waals surface area contributed by atoms with Gasteiger partial charge >= 0.3 is 0 Å². The van der Waals surface area contributed by atoms with Crippen molar-refractivity contribution in [3.63, 3.8) is 0 Å². The molecule has 0 amide bonds. The van der Waals surface area contributed by atoms with Crippen molar-refractivity contribution in [1.82, 2.24) is 0 Å². The summed E-state index contributed by atoms with van der Waals surface area (Å²) in [5.74, 6) is 0.845. The molecule has 2 nitrogen and oxygen atoms in total. The van der Waals surface area contributed by atoms with Crippen LogP contribution in [0.2, 0.25) is 0 Å². The van der Waals surface area contributed by atoms with Crippen molar-refractivity contribution in [1.29, 1.82) is 0 Å². The van der Waals surface area contributed by atoms with Gasteiger partial charge in [-0.05, 0) is 24.6 Å². The Morgan fingerprint density at radius 2 is 1.75 bits per heavy atom. The molecule has 2 rings (SSSR count). The molecule has 0 aliphatic heterocycles. The van der Waals surface area contributed by atoms with E-state index in [-0.39, 0.29) is 0 Å². The predicted octanol–water partition coefficient (Wildman–Crippen LogP) is 3.25. The van der Waals surface area contributed by atoms with Gasteiger partial charge in [-0.3, -0.25) is 0 Å². The maximum Gasteiger partial charge on any atom is 0.126 e. The van der Waals surface area contributed by atoms with Crippen LogP contribution in [0.15, 0.2) is 42.5 Å². The minimum atomic E-state index is 0.782. The molecule has 0 fully saturated rings. The zero-order valence-electron chi connectivity index (χ0n) is 9.53. The van der Waals surface area contributed by atoms with Gasteiger partial charge in [-0.25, -0.2) is 0 Å². The number of nitrogens with two attached hydrogens (primary N) is 1. The van der Waals surface area contributed by atoms with Gasteiger partial charge in [0.15, 0.2) is 0 Å². The van der Waals surface area contributed by atoms with Gasteiger partial charge in [-0.15, -0.1) is 0 Å². The molecule has 0 heterocycles. The van der Waals surface area contributed by atoms with Crippen LogP contribution in [0.25, 0.3) is 11.1 Å². The zero-order valence-corrected chi connectivity index (χ0v) is 9.53. The first kappa shape index (κ1) is 10.6. The number of hydrogen-bond donors (Lipinski definition) is 1. The summed E-state index contributed by atoms with van der Waals surface area (Å²) < 4.78 is 5.33. The third-order valence-electron chi connectivity index (χ3n) is 2.60. The van der Waals surface area contributed by atoms with Crippen molar-refractivity contribution in [2.75, 3.05) is 12.8 Å². The maximum absolute atomic E-state index is 6.02. The van der Waals surface area contributed by atoms with Crippen molar-refractivity contribution in [2.45, 2.75) is 6.92 Å². The molecule has 0 aliphatic carbocycles. The molecule has 0 saturated heterocycles. The lowest BCUT2D eigenvalue weighted by Crippen LogP contribution is -1.93. The normalized spacial score (nSPS) is 10.1. The van der Waals surface area contributed by atoms with Gasteiger partial charge in [0, 0.05) is 16.8 Å². The molecule has 0 spiro atoms. The second-order valence-corrected chi connectivity index (χ2v) is 3.79. The highest BCUT2D eigenvalue weighted by atomic mass is 16.5. The number of para-hydroxylation sites is 1. The molecular formula is C14H15NO. The minimum Gasteiger partial charge on any atom is -0.496 e. The van der Waals surface area contributed by atoms with Gasteiger partial charge in [0.05, 0.1) is 7.11 Å². The average molecular weight is 213 g/mol. The second-order valence-electron chi connectivity index (χ2n) is 3.79. The van der Waals surface area contributed by atoms with E-state index in [2.05, 4.69) is 6.07 Å². The molecule has 2 heteroatoms. The highest BCUT2D eigenvalue weighted by molar-refractivity contribution is 5.80. The standard InChI is InChI=1S/C14H15NO/c1-10-7-8-11(13(15)9-10)12-5-3-4-6-14(12)16-2/h3-9H,15H2,1-2H3. The molecule has 0 saturated carbocycles. The van der Waals surface area contributed by atoms with E-state index in [1.54, 1.807) is 7.11 Å². The summed E-state index contributed by atoms with van der Waals surface area (Å²) >= 11 is 0. The monoisotopic (exact) mass is 213 g/mol. The van der Waals surface area contributed by atoms with Crippen LogP contribution in [0.3, 0.4) is 0 Å². The van der Waals surface area contributed by atoms with E-state index >= 15 is 0 Å². The summed E-state index contributed by atoms with van der Waals surface area (Å²) in [6, 6.07) is 13.9. The van der Waals surface area contributed by atoms with Crippen LogP contribution in [-0.4, -0.2) is 7.11 Å². The molecule has 0 unspecified atom stereocenters. The lowest BCUT2D eigenvalue weighted by Gasteiger charge is -2.11. The summed E-state index contributed by atoms with van der Waals surface area (Å²) in [5, 5.41) is 0. The van der Waals surface area contributed by atoms with Crippen LogP contribution in [0.4, 0.5) is 5.69 Å². The fourth-order valence-electron chi connectivity index (χ4n) is 1.79. The number of ether oxygens (including phenoxy) is 1. The maximum atomic E-state index is 6.02. The molecule has 2 aromatic rings. The Morgan fingerprint density at radius 3 is 2.44 bits per heavy atom. The van der Waals surface area contributed by atoms with Crippen LogP contribution in [0.1, 0.15) is 5.56 Å². The SMILES string of the molecule is COc1ccccc1-c1ccc(C)cc1N. The summed E-state index contributed by atoms with van der Waals surface area (Å²) in [5.41, 5.74) is 10.0. The van der Waals surface area contributed by atoms with Gasteiger partial charge in [0.25, 0.3) is 0 Å². The van der Waals surface area contributed by atoms with Crippen LogP contribution in [-0.2, 0) is 0 Å². The first-order chi connectivity index (χ1) is 7.72. The Balaban J connectivity index is 2.58. The van der Waals surface area contributed by atoms with Gasteiger partial charge in [0.1, 0.15) is 5.75 Å². The molecule has 0 radical (unpaired) electrons. The highest BCUT2D eigenvalue weighted by Crippen LogP contribution is 2.33. The van der Waals surface area contributed by atoms with Gasteiger partial charge in [-0.2, -0.15) is 0 Å². The molecule has 2 N–H and O–H groups in total. The Kier molecular flexibility index (Phi) is 2.82. The second kappa shape index (κ2) is 4.27. The molecule has 0 aromatic heterocycles. The first-order valence-electron chi connectivity index (χ1n) is 5.22. The van der Waals surface area contributed by atoms with E-state index in [1.807, 2.05) is 43.3 Å². The topological polar surface area (TPSA) is 35.2 Å². The van der Waals surface area contributed by atoms with Gasteiger partial charge in [0.2, 0.25) is 0 Å². The zero-order chi connectivity index (χ0) is 11.5. The smallest absolute Gasteiger partial charge is 0.126 e. The molecule has 0 bridgehead atoms. The third-order valence-corrected chi connectivity index (χ3v) is 2.60. The number of rotatable bonds is 2. The lowest BCUT2D eigenvalue weighted by atomic mass is 10.0. The minimum absolute atomic E-state index is 0.782. The van der Waals surface area contributed by atoms with E-state index in [4.69, 9.17) is 10.5 Å². The Bertz CT molecular complexity index is 506. The van der Waals surface area contributed by atoms with Crippen molar-refractivity contribution in [2.24, 2.45) is 0 Å². The number of anilines is 1. The van der Waals surface area contributed by atoms with E-state index in [1.165, 1.54) is 0 Å². The first-order valence-corrected chi connectivity index (χ1v) is 5.22. The largest absolute Gasteiger partial charge is 0.496 e. The summed E-state index contributed by atoms with van der Waals surface area (Å²) in [6.07, 6.45) is 0. The molecule has 0 aliphatic rings. The van der Waals surface area contributed by atoms with Gasteiger partial charge < -0.3 is 10.5 Å². The van der Waals surface area contributed by atoms with Crippen LogP contribution >= 0.6 is 0 Å². The summed E-state index contributed by atoms with van der Waals surface area (Å²) in [7, 11) is 1.67. The van der Waals surface area contributed by atoms with Crippen LogP contribution in [0.5, 0.6) is 5.75 Å². The highest BCUT2D eigenvalue weighted by Gasteiger charge is 2.07. The van der Waals surface area contributed by atoms with Crippen LogP contribution < -0.4 is 10.5 Å². The Morgan fingerprint density at radius 1 is 1.00 bits per heavy atom. The Labute approximate surface area is 95.7 Å². The molecule has 16 heavy (non-hydrogen) atoms. The summed E-state index contributed by atoms with van der Waals surface area (Å²) in [6.45, 7) is 2.03. The molecular weight excluding hydrogens is 198 g/mol.